The van der Waals surface area contributed by atoms with Crippen LogP contribution < -0.4 is 11.1 Å². The molecule has 0 fully saturated rings. The van der Waals surface area contributed by atoms with Crippen LogP contribution >= 0.6 is 12.2 Å². The number of nitrogens with two attached hydrogens (primary N) is 1. The van der Waals surface area contributed by atoms with Gasteiger partial charge in [-0.05, 0) is 35.8 Å². The summed E-state index contributed by atoms with van der Waals surface area (Å²) in [6, 6.07) is 9.62. The van der Waals surface area contributed by atoms with E-state index in [1.54, 1.807) is 18.2 Å². The summed E-state index contributed by atoms with van der Waals surface area (Å²) in [5, 5.41) is 4.26. The third kappa shape index (κ3) is 2.58. The van der Waals surface area contributed by atoms with E-state index in [4.69, 9.17) is 22.5 Å². The largest absolute Gasteiger partial charge is 0.376 e. The lowest BCUT2D eigenvalue weighted by molar-refractivity contribution is 0.483. The number of benzene rings is 2. The smallest absolute Gasteiger partial charge is 0.294 e. The first kappa shape index (κ1) is 12.7. The highest BCUT2D eigenvalue weighted by molar-refractivity contribution is 7.85. The van der Waals surface area contributed by atoms with Crippen LogP contribution in [0.1, 0.15) is 0 Å². The van der Waals surface area contributed by atoms with Gasteiger partial charge in [-0.3, -0.25) is 4.55 Å². The molecule has 0 aliphatic rings. The number of hydrogen-bond donors (Lipinski definition) is 3. The molecule has 0 aliphatic heterocycles. The van der Waals surface area contributed by atoms with Crippen LogP contribution in [-0.4, -0.2) is 18.1 Å². The molecule has 0 aromatic heterocycles. The average molecular weight is 282 g/mol. The Kier molecular flexibility index (Phi) is 3.20. The fourth-order valence-electron chi connectivity index (χ4n) is 1.65. The zero-order chi connectivity index (χ0) is 13.3. The van der Waals surface area contributed by atoms with Crippen molar-refractivity contribution < 1.29 is 13.0 Å². The van der Waals surface area contributed by atoms with Crippen molar-refractivity contribution in [1.82, 2.24) is 0 Å². The van der Waals surface area contributed by atoms with E-state index in [0.717, 1.165) is 5.39 Å². The Balaban J connectivity index is 2.69. The summed E-state index contributed by atoms with van der Waals surface area (Å²) in [5.74, 6) is 0. The highest BCUT2D eigenvalue weighted by atomic mass is 32.2. The number of anilines is 1. The maximum atomic E-state index is 11.1. The molecule has 0 heterocycles. The zero-order valence-corrected chi connectivity index (χ0v) is 10.8. The molecule has 4 N–H and O–H groups in total. The summed E-state index contributed by atoms with van der Waals surface area (Å²) in [6.45, 7) is 0. The summed E-state index contributed by atoms with van der Waals surface area (Å²) >= 11 is 4.75. The highest BCUT2D eigenvalue weighted by Crippen LogP contribution is 2.26. The zero-order valence-electron chi connectivity index (χ0n) is 9.12. The van der Waals surface area contributed by atoms with Gasteiger partial charge in [0.2, 0.25) is 0 Å². The predicted octanol–water partition coefficient (Wildman–Crippen LogP) is 1.74. The molecule has 2 rings (SSSR count). The maximum Gasteiger partial charge on any atom is 0.294 e. The molecule has 0 amide bonds. The lowest BCUT2D eigenvalue weighted by atomic mass is 10.1. The molecule has 0 spiro atoms. The first-order valence-electron chi connectivity index (χ1n) is 4.94. The fraction of sp³-hybridized carbons (Fsp3) is 0. The fourth-order valence-corrected chi connectivity index (χ4v) is 2.27. The topological polar surface area (TPSA) is 92.4 Å². The molecule has 7 heteroatoms. The molecule has 2 aromatic rings. The third-order valence-electron chi connectivity index (χ3n) is 2.41. The number of thiocarbonyl (C=S) groups is 1. The molecular weight excluding hydrogens is 272 g/mol. The normalized spacial score (nSPS) is 11.4. The van der Waals surface area contributed by atoms with Crippen LogP contribution in [0.25, 0.3) is 10.8 Å². The van der Waals surface area contributed by atoms with Gasteiger partial charge < -0.3 is 11.1 Å². The molecule has 2 aromatic carbocycles. The Morgan fingerprint density at radius 3 is 2.61 bits per heavy atom. The minimum Gasteiger partial charge on any atom is -0.376 e. The van der Waals surface area contributed by atoms with Crippen LogP contribution in [0.4, 0.5) is 5.69 Å². The van der Waals surface area contributed by atoms with E-state index in [1.165, 1.54) is 12.1 Å². The van der Waals surface area contributed by atoms with E-state index in [-0.39, 0.29) is 10.0 Å². The second kappa shape index (κ2) is 4.52. The van der Waals surface area contributed by atoms with Crippen LogP contribution in [0, 0.1) is 0 Å². The quantitative estimate of drug-likeness (QED) is 0.574. The predicted molar refractivity (Wildman–Crippen MR) is 74.2 cm³/mol. The summed E-state index contributed by atoms with van der Waals surface area (Å²) < 4.78 is 31.2. The van der Waals surface area contributed by atoms with Crippen LogP contribution in [0.2, 0.25) is 0 Å². The monoisotopic (exact) mass is 282 g/mol. The highest BCUT2D eigenvalue weighted by Gasteiger charge is 2.11. The standard InChI is InChI=1S/C11H10N2O3S2/c12-11(17)13-10-3-1-2-7-4-5-8(6-9(7)10)18(14,15)16/h1-6H,(H3,12,13,17)(H,14,15,16). The van der Waals surface area contributed by atoms with Crippen molar-refractivity contribution in [2.24, 2.45) is 5.73 Å². The summed E-state index contributed by atoms with van der Waals surface area (Å²) in [5.41, 5.74) is 5.98. The molecule has 0 aliphatic carbocycles. The molecule has 5 nitrogen and oxygen atoms in total. The van der Waals surface area contributed by atoms with Crippen molar-refractivity contribution in [2.45, 2.75) is 4.90 Å². The van der Waals surface area contributed by atoms with E-state index in [0.29, 0.717) is 11.1 Å². The number of fused-ring (bicyclic) bond motifs is 1. The van der Waals surface area contributed by atoms with Crippen molar-refractivity contribution in [1.29, 1.82) is 0 Å². The van der Waals surface area contributed by atoms with Crippen LogP contribution in [0.15, 0.2) is 41.3 Å². The van der Waals surface area contributed by atoms with E-state index < -0.39 is 10.1 Å². The minimum atomic E-state index is -4.23. The Hall–Kier alpha value is -1.70. The van der Waals surface area contributed by atoms with E-state index in [2.05, 4.69) is 5.32 Å². The third-order valence-corrected chi connectivity index (χ3v) is 3.36. The van der Waals surface area contributed by atoms with Gasteiger partial charge in [-0.15, -0.1) is 0 Å². The second-order valence-electron chi connectivity index (χ2n) is 3.65. The lowest BCUT2D eigenvalue weighted by Gasteiger charge is -2.08. The van der Waals surface area contributed by atoms with E-state index in [1.807, 2.05) is 6.07 Å². The summed E-state index contributed by atoms with van der Waals surface area (Å²) in [6.07, 6.45) is 0. The molecule has 0 atom stereocenters. The Bertz CT molecular complexity index is 726. The molecule has 18 heavy (non-hydrogen) atoms. The van der Waals surface area contributed by atoms with Gasteiger partial charge in [-0.1, -0.05) is 18.2 Å². The first-order chi connectivity index (χ1) is 8.38. The Morgan fingerprint density at radius 1 is 1.28 bits per heavy atom. The van der Waals surface area contributed by atoms with Gasteiger partial charge in [0.05, 0.1) is 4.90 Å². The number of rotatable bonds is 2. The maximum absolute atomic E-state index is 11.1. The Labute approximate surface area is 109 Å². The van der Waals surface area contributed by atoms with Crippen molar-refractivity contribution >= 4 is 43.9 Å². The molecule has 0 unspecified atom stereocenters. The summed E-state index contributed by atoms with van der Waals surface area (Å²) in [4.78, 5) is -0.174. The Morgan fingerprint density at radius 2 is 2.00 bits per heavy atom. The SMILES string of the molecule is NC(=S)Nc1cccc2ccc(S(=O)(=O)O)cc12. The minimum absolute atomic E-state index is 0.0831. The van der Waals surface area contributed by atoms with Gasteiger partial charge >= 0.3 is 0 Å². The molecule has 0 radical (unpaired) electrons. The van der Waals surface area contributed by atoms with Crippen LogP contribution in [0.3, 0.4) is 0 Å². The molecule has 94 valence electrons. The number of nitrogens with one attached hydrogen (secondary N) is 1. The van der Waals surface area contributed by atoms with Crippen molar-refractivity contribution in [3.05, 3.63) is 36.4 Å². The van der Waals surface area contributed by atoms with E-state index in [9.17, 15) is 8.42 Å². The van der Waals surface area contributed by atoms with Gasteiger partial charge in [0.1, 0.15) is 0 Å². The summed E-state index contributed by atoms with van der Waals surface area (Å²) in [7, 11) is -4.23. The van der Waals surface area contributed by atoms with Crippen LogP contribution in [-0.2, 0) is 10.1 Å². The lowest BCUT2D eigenvalue weighted by Crippen LogP contribution is -2.19. The molecule has 0 bridgehead atoms. The van der Waals surface area contributed by atoms with Crippen molar-refractivity contribution in [3.8, 4) is 0 Å². The molecular formula is C11H10N2O3S2. The van der Waals surface area contributed by atoms with Gasteiger partial charge in [-0.2, -0.15) is 8.42 Å². The van der Waals surface area contributed by atoms with Gasteiger partial charge in [-0.25, -0.2) is 0 Å². The van der Waals surface area contributed by atoms with Gasteiger partial charge in [0.15, 0.2) is 5.11 Å². The molecule has 0 saturated heterocycles. The van der Waals surface area contributed by atoms with Crippen LogP contribution in [0.5, 0.6) is 0 Å². The average Bonchev–Trinajstić information content (AvgIpc) is 2.27. The van der Waals surface area contributed by atoms with Gasteiger partial charge in [0.25, 0.3) is 10.1 Å². The van der Waals surface area contributed by atoms with Crippen molar-refractivity contribution in [2.75, 3.05) is 5.32 Å². The van der Waals surface area contributed by atoms with Gasteiger partial charge in [0, 0.05) is 11.1 Å². The first-order valence-corrected chi connectivity index (χ1v) is 6.79. The van der Waals surface area contributed by atoms with Crippen molar-refractivity contribution in [3.63, 3.8) is 0 Å². The second-order valence-corrected chi connectivity index (χ2v) is 5.51. The molecule has 0 saturated carbocycles. The van der Waals surface area contributed by atoms with E-state index >= 15 is 0 Å². The number of hydrogen-bond acceptors (Lipinski definition) is 3.